The summed E-state index contributed by atoms with van der Waals surface area (Å²) in [6, 6.07) is 8.19. The Kier molecular flexibility index (Phi) is 5.34. The highest BCUT2D eigenvalue weighted by Gasteiger charge is 2.38. The summed E-state index contributed by atoms with van der Waals surface area (Å²) in [6.07, 6.45) is 3.27. The summed E-state index contributed by atoms with van der Waals surface area (Å²) in [5.74, 6) is 0.761. The van der Waals surface area contributed by atoms with Gasteiger partial charge in [0.25, 0.3) is 0 Å². The summed E-state index contributed by atoms with van der Waals surface area (Å²) < 4.78 is 11.3. The van der Waals surface area contributed by atoms with Crippen molar-refractivity contribution in [3.63, 3.8) is 0 Å². The summed E-state index contributed by atoms with van der Waals surface area (Å²) in [7, 11) is 0. The monoisotopic (exact) mass is 317 g/mol. The Balaban J connectivity index is 1.52. The molecule has 3 rings (SSSR count). The largest absolute Gasteiger partial charge is 0.377 e. The number of carbonyl (C=O) groups excluding carboxylic acids is 1. The predicted molar refractivity (Wildman–Crippen MR) is 89.1 cm³/mol. The number of rotatable bonds is 5. The lowest BCUT2D eigenvalue weighted by Crippen LogP contribution is -2.45. The molecule has 2 saturated heterocycles. The van der Waals surface area contributed by atoms with Crippen molar-refractivity contribution in [1.29, 1.82) is 0 Å². The molecule has 4 nitrogen and oxygen atoms in total. The van der Waals surface area contributed by atoms with Crippen LogP contribution >= 0.6 is 0 Å². The molecule has 2 aliphatic rings. The first-order valence-electron chi connectivity index (χ1n) is 8.74. The second-order valence-corrected chi connectivity index (χ2v) is 6.74. The van der Waals surface area contributed by atoms with Gasteiger partial charge in [-0.2, -0.15) is 0 Å². The normalized spacial score (nSPS) is 27.0. The van der Waals surface area contributed by atoms with Crippen molar-refractivity contribution >= 4 is 5.91 Å². The second kappa shape index (κ2) is 7.45. The van der Waals surface area contributed by atoms with Gasteiger partial charge in [0.15, 0.2) is 0 Å². The van der Waals surface area contributed by atoms with Crippen LogP contribution in [0.15, 0.2) is 24.3 Å². The van der Waals surface area contributed by atoms with Gasteiger partial charge < -0.3 is 14.4 Å². The van der Waals surface area contributed by atoms with E-state index in [4.69, 9.17) is 9.47 Å². The third-order valence-corrected chi connectivity index (χ3v) is 4.91. The molecule has 0 aromatic heterocycles. The number of amides is 1. The molecule has 0 aliphatic carbocycles. The number of fused-ring (bicyclic) bond motifs is 1. The topological polar surface area (TPSA) is 38.8 Å². The van der Waals surface area contributed by atoms with Crippen LogP contribution in [0.5, 0.6) is 0 Å². The van der Waals surface area contributed by atoms with Crippen LogP contribution in [0.25, 0.3) is 0 Å². The minimum Gasteiger partial charge on any atom is -0.377 e. The molecule has 1 amide bonds. The van der Waals surface area contributed by atoms with E-state index in [1.807, 2.05) is 24.0 Å². The number of ether oxygens (including phenoxy) is 2. The molecule has 23 heavy (non-hydrogen) atoms. The number of piperidine rings is 1. The Labute approximate surface area is 138 Å². The number of likely N-dealkylation sites (tertiary alicyclic amines) is 1. The molecule has 0 bridgehead atoms. The summed E-state index contributed by atoms with van der Waals surface area (Å²) in [5, 5.41) is 0. The van der Waals surface area contributed by atoms with Crippen molar-refractivity contribution in [1.82, 2.24) is 4.90 Å². The Bertz CT molecular complexity index is 528. The van der Waals surface area contributed by atoms with Gasteiger partial charge in [-0.15, -0.1) is 0 Å². The van der Waals surface area contributed by atoms with Crippen LogP contribution in [-0.4, -0.2) is 42.7 Å². The maximum absolute atomic E-state index is 12.6. The summed E-state index contributed by atoms with van der Waals surface area (Å²) >= 11 is 0. The van der Waals surface area contributed by atoms with Crippen LogP contribution in [-0.2, 0) is 27.3 Å². The average molecular weight is 317 g/mol. The number of nitrogens with zero attached hydrogens (tertiary/aromatic N) is 1. The minimum atomic E-state index is 0.237. The number of benzene rings is 1. The van der Waals surface area contributed by atoms with Crippen molar-refractivity contribution in [3.8, 4) is 0 Å². The van der Waals surface area contributed by atoms with E-state index in [0.717, 1.165) is 43.7 Å². The molecule has 4 heteroatoms. The second-order valence-electron chi connectivity index (χ2n) is 6.74. The van der Waals surface area contributed by atoms with E-state index >= 15 is 0 Å². The van der Waals surface area contributed by atoms with Gasteiger partial charge in [0.2, 0.25) is 5.91 Å². The molecular weight excluding hydrogens is 290 g/mol. The van der Waals surface area contributed by atoms with Crippen LogP contribution in [0.3, 0.4) is 0 Å². The lowest BCUT2D eigenvalue weighted by Gasteiger charge is -2.34. The third-order valence-electron chi connectivity index (χ3n) is 4.91. The summed E-state index contributed by atoms with van der Waals surface area (Å²) in [6.45, 7) is 7.17. The predicted octanol–water partition coefficient (Wildman–Crippen LogP) is 2.79. The molecule has 126 valence electrons. The summed E-state index contributed by atoms with van der Waals surface area (Å²) in [4.78, 5) is 14.6. The first kappa shape index (κ1) is 16.5. The van der Waals surface area contributed by atoms with E-state index in [2.05, 4.69) is 19.1 Å². The average Bonchev–Trinajstić information content (AvgIpc) is 2.93. The molecule has 0 spiro atoms. The van der Waals surface area contributed by atoms with E-state index in [-0.39, 0.29) is 5.91 Å². The number of hydrogen-bond acceptors (Lipinski definition) is 3. The molecule has 1 aromatic rings. The Hall–Kier alpha value is -1.39. The quantitative estimate of drug-likeness (QED) is 0.838. The van der Waals surface area contributed by atoms with Crippen molar-refractivity contribution in [2.24, 2.45) is 5.92 Å². The van der Waals surface area contributed by atoms with Gasteiger partial charge in [-0.05, 0) is 37.8 Å². The minimum absolute atomic E-state index is 0.237. The maximum Gasteiger partial charge on any atom is 0.227 e. The zero-order valence-corrected chi connectivity index (χ0v) is 14.2. The van der Waals surface area contributed by atoms with Gasteiger partial charge in [-0.25, -0.2) is 0 Å². The molecule has 2 fully saturated rings. The molecular formula is C19H27NO3. The molecule has 2 aliphatic heterocycles. The van der Waals surface area contributed by atoms with Gasteiger partial charge in [0.05, 0.1) is 25.2 Å². The highest BCUT2D eigenvalue weighted by molar-refractivity contribution is 5.78. The highest BCUT2D eigenvalue weighted by Crippen LogP contribution is 2.32. The Morgan fingerprint density at radius 2 is 2.04 bits per heavy atom. The molecule has 3 atom stereocenters. The van der Waals surface area contributed by atoms with Crippen LogP contribution < -0.4 is 0 Å². The molecule has 2 heterocycles. The van der Waals surface area contributed by atoms with Gasteiger partial charge in [0, 0.05) is 25.6 Å². The Morgan fingerprint density at radius 3 is 2.78 bits per heavy atom. The van der Waals surface area contributed by atoms with Crippen LogP contribution in [0.1, 0.15) is 37.8 Å². The first-order valence-corrected chi connectivity index (χ1v) is 8.74. The van der Waals surface area contributed by atoms with Gasteiger partial charge in [-0.1, -0.05) is 24.3 Å². The van der Waals surface area contributed by atoms with Crippen LogP contribution in [0.2, 0.25) is 0 Å². The molecule has 0 N–H and O–H groups in total. The van der Waals surface area contributed by atoms with E-state index in [1.165, 1.54) is 0 Å². The zero-order chi connectivity index (χ0) is 16.2. The number of hydrogen-bond donors (Lipinski definition) is 0. The van der Waals surface area contributed by atoms with Crippen LogP contribution in [0.4, 0.5) is 0 Å². The fraction of sp³-hybridized carbons (Fsp3) is 0.632. The Morgan fingerprint density at radius 1 is 1.30 bits per heavy atom. The fourth-order valence-corrected chi connectivity index (χ4v) is 3.68. The van der Waals surface area contributed by atoms with Gasteiger partial charge in [0.1, 0.15) is 0 Å². The lowest BCUT2D eigenvalue weighted by atomic mass is 9.92. The van der Waals surface area contributed by atoms with Gasteiger partial charge in [-0.3, -0.25) is 4.79 Å². The first-order chi connectivity index (χ1) is 11.2. The standard InChI is InChI=1S/C19H27NO3/c1-3-22-13-16-6-4-15(5-7-16)11-19(21)20-9-8-18-17(12-20)10-14(2)23-18/h4-7,14,17-18H,3,8-13H2,1-2H3/t14-,17-,18+/m0/s1. The molecule has 1 aromatic carbocycles. The molecule has 0 saturated carbocycles. The maximum atomic E-state index is 12.6. The van der Waals surface area contributed by atoms with Gasteiger partial charge >= 0.3 is 0 Å². The SMILES string of the molecule is CCOCc1ccc(CC(=O)N2CC[C@H]3O[C@@H](C)C[C@H]3C2)cc1. The zero-order valence-electron chi connectivity index (χ0n) is 14.2. The van der Waals surface area contributed by atoms with Crippen LogP contribution in [0, 0.1) is 5.92 Å². The van der Waals surface area contributed by atoms with E-state index < -0.39 is 0 Å². The van der Waals surface area contributed by atoms with E-state index in [1.54, 1.807) is 0 Å². The molecule has 0 unspecified atom stereocenters. The fourth-order valence-electron chi connectivity index (χ4n) is 3.68. The lowest BCUT2D eigenvalue weighted by molar-refractivity contribution is -0.133. The highest BCUT2D eigenvalue weighted by atomic mass is 16.5. The van der Waals surface area contributed by atoms with E-state index in [9.17, 15) is 4.79 Å². The summed E-state index contributed by atoms with van der Waals surface area (Å²) in [5.41, 5.74) is 2.23. The van der Waals surface area contributed by atoms with Crippen molar-refractivity contribution in [3.05, 3.63) is 35.4 Å². The van der Waals surface area contributed by atoms with Crippen molar-refractivity contribution < 1.29 is 14.3 Å². The van der Waals surface area contributed by atoms with Crippen molar-refractivity contribution in [2.45, 2.75) is 51.9 Å². The number of carbonyl (C=O) groups is 1. The molecule has 0 radical (unpaired) electrons. The smallest absolute Gasteiger partial charge is 0.227 e. The van der Waals surface area contributed by atoms with E-state index in [0.29, 0.717) is 31.2 Å². The third kappa shape index (κ3) is 4.12. The van der Waals surface area contributed by atoms with Crippen molar-refractivity contribution in [2.75, 3.05) is 19.7 Å².